The molecule has 1 aromatic rings. The quantitative estimate of drug-likeness (QED) is 0.818. The molecule has 1 N–H and O–H groups in total. The maximum absolute atomic E-state index is 12.9. The number of aromatic nitrogens is 2. The van der Waals surface area contributed by atoms with Gasteiger partial charge in [0.25, 0.3) is 0 Å². The molecule has 0 aromatic carbocycles. The van der Waals surface area contributed by atoms with Crippen molar-refractivity contribution in [2.24, 2.45) is 0 Å². The number of likely N-dealkylation sites (tertiary alicyclic amines) is 1. The van der Waals surface area contributed by atoms with Gasteiger partial charge in [-0.3, -0.25) is 9.69 Å². The third-order valence-electron chi connectivity index (χ3n) is 5.45. The third kappa shape index (κ3) is 3.46. The summed E-state index contributed by atoms with van der Waals surface area (Å²) in [6.45, 7) is 7.01. The first-order valence-electron chi connectivity index (χ1n) is 9.05. The lowest BCUT2D eigenvalue weighted by Gasteiger charge is -2.38. The summed E-state index contributed by atoms with van der Waals surface area (Å²) in [5.74, 6) is 0.860. The van der Waals surface area contributed by atoms with E-state index in [4.69, 9.17) is 0 Å². The van der Waals surface area contributed by atoms with Gasteiger partial charge in [0.15, 0.2) is 0 Å². The van der Waals surface area contributed by atoms with Crippen LogP contribution < -0.4 is 10.2 Å². The molecule has 3 saturated heterocycles. The predicted molar refractivity (Wildman–Crippen MR) is 92.2 cm³/mol. The fourth-order valence-corrected chi connectivity index (χ4v) is 3.88. The Morgan fingerprint density at radius 1 is 1.28 bits per heavy atom. The van der Waals surface area contributed by atoms with Gasteiger partial charge >= 0.3 is 0 Å². The van der Waals surface area contributed by atoms with Crippen LogP contribution in [0.5, 0.6) is 0 Å². The van der Waals surface area contributed by atoms with Gasteiger partial charge in [0, 0.05) is 50.7 Å². The summed E-state index contributed by atoms with van der Waals surface area (Å²) in [5, 5.41) is 3.32. The Balaban J connectivity index is 1.28. The van der Waals surface area contributed by atoms with E-state index < -0.39 is 6.17 Å². The third-order valence-corrected chi connectivity index (χ3v) is 5.45. The van der Waals surface area contributed by atoms with Crippen molar-refractivity contribution >= 4 is 11.9 Å². The fraction of sp³-hybridized carbons (Fsp3) is 0.706. The Bertz CT molecular complexity index is 629. The van der Waals surface area contributed by atoms with Crippen LogP contribution in [0.1, 0.15) is 12.1 Å². The molecule has 3 fully saturated rings. The molecule has 3 aliphatic rings. The second-order valence-corrected chi connectivity index (χ2v) is 7.21. The van der Waals surface area contributed by atoms with Crippen molar-refractivity contribution in [2.45, 2.75) is 31.6 Å². The highest BCUT2D eigenvalue weighted by molar-refractivity contribution is 5.83. The predicted octanol–water partition coefficient (Wildman–Crippen LogP) is -0.182. The molecule has 4 heterocycles. The van der Waals surface area contributed by atoms with Crippen LogP contribution in [-0.4, -0.2) is 89.7 Å². The number of rotatable bonds is 3. The van der Waals surface area contributed by atoms with E-state index in [9.17, 15) is 9.18 Å². The number of hydrogen-bond acceptors (Lipinski definition) is 6. The van der Waals surface area contributed by atoms with Crippen molar-refractivity contribution in [1.29, 1.82) is 0 Å². The standard InChI is InChI=1S/C17H25FN6O/c1-12-2-3-19-17(21-12)23-6-4-22(5-7-23)14-8-15(20-9-14)16(25)24-10-13(18)11-24/h2-3,13-15,20H,4-11H2,1H3/t14-,15-/m0/s1. The number of aryl methyl sites for hydroxylation is 1. The molecule has 1 amide bonds. The van der Waals surface area contributed by atoms with Gasteiger partial charge < -0.3 is 15.1 Å². The molecule has 25 heavy (non-hydrogen) atoms. The lowest BCUT2D eigenvalue weighted by atomic mass is 10.1. The van der Waals surface area contributed by atoms with E-state index in [2.05, 4.69) is 25.1 Å². The van der Waals surface area contributed by atoms with E-state index in [0.717, 1.165) is 50.8 Å². The smallest absolute Gasteiger partial charge is 0.239 e. The average Bonchev–Trinajstić information content (AvgIpc) is 3.09. The van der Waals surface area contributed by atoms with E-state index in [0.29, 0.717) is 6.04 Å². The summed E-state index contributed by atoms with van der Waals surface area (Å²) in [5.41, 5.74) is 0.982. The number of carbonyl (C=O) groups is 1. The molecule has 0 unspecified atom stereocenters. The maximum Gasteiger partial charge on any atom is 0.239 e. The summed E-state index contributed by atoms with van der Waals surface area (Å²) in [7, 11) is 0. The molecule has 0 bridgehead atoms. The van der Waals surface area contributed by atoms with Gasteiger partial charge in [-0.15, -0.1) is 0 Å². The van der Waals surface area contributed by atoms with Crippen LogP contribution in [0.3, 0.4) is 0 Å². The number of alkyl halides is 1. The topological polar surface area (TPSA) is 64.6 Å². The van der Waals surface area contributed by atoms with E-state index in [1.807, 2.05) is 13.0 Å². The van der Waals surface area contributed by atoms with Gasteiger partial charge in [-0.1, -0.05) is 0 Å². The first kappa shape index (κ1) is 16.7. The molecular weight excluding hydrogens is 323 g/mol. The Labute approximate surface area is 147 Å². The summed E-state index contributed by atoms with van der Waals surface area (Å²) in [6.07, 6.45) is 1.78. The minimum Gasteiger partial charge on any atom is -0.338 e. The average molecular weight is 348 g/mol. The van der Waals surface area contributed by atoms with Crippen LogP contribution in [0, 0.1) is 6.92 Å². The Morgan fingerprint density at radius 2 is 2.04 bits per heavy atom. The van der Waals surface area contributed by atoms with Crippen molar-refractivity contribution in [3.05, 3.63) is 18.0 Å². The van der Waals surface area contributed by atoms with E-state index >= 15 is 0 Å². The van der Waals surface area contributed by atoms with Gasteiger partial charge in [0.1, 0.15) is 6.17 Å². The van der Waals surface area contributed by atoms with Gasteiger partial charge in [0.2, 0.25) is 11.9 Å². The number of piperazine rings is 1. The molecule has 0 aliphatic carbocycles. The zero-order valence-electron chi connectivity index (χ0n) is 14.6. The van der Waals surface area contributed by atoms with E-state index in [-0.39, 0.29) is 25.0 Å². The van der Waals surface area contributed by atoms with Crippen LogP contribution in [0.25, 0.3) is 0 Å². The molecule has 0 saturated carbocycles. The number of nitrogens with one attached hydrogen (secondary N) is 1. The van der Waals surface area contributed by atoms with E-state index in [1.54, 1.807) is 11.1 Å². The van der Waals surface area contributed by atoms with Crippen LogP contribution >= 0.6 is 0 Å². The first-order valence-corrected chi connectivity index (χ1v) is 9.05. The van der Waals surface area contributed by atoms with Gasteiger partial charge in [-0.2, -0.15) is 0 Å². The molecule has 8 heteroatoms. The summed E-state index contributed by atoms with van der Waals surface area (Å²) >= 11 is 0. The van der Waals surface area contributed by atoms with Crippen LogP contribution in [0.2, 0.25) is 0 Å². The fourth-order valence-electron chi connectivity index (χ4n) is 3.88. The highest BCUT2D eigenvalue weighted by Crippen LogP contribution is 2.21. The molecule has 136 valence electrons. The van der Waals surface area contributed by atoms with Crippen molar-refractivity contribution in [1.82, 2.24) is 25.1 Å². The zero-order valence-corrected chi connectivity index (χ0v) is 14.6. The molecule has 4 rings (SSSR count). The first-order chi connectivity index (χ1) is 12.1. The highest BCUT2D eigenvalue weighted by Gasteiger charge is 2.39. The lowest BCUT2D eigenvalue weighted by Crippen LogP contribution is -2.56. The number of hydrogen-bond donors (Lipinski definition) is 1. The second-order valence-electron chi connectivity index (χ2n) is 7.21. The van der Waals surface area contributed by atoms with Crippen LogP contribution in [-0.2, 0) is 4.79 Å². The Hall–Kier alpha value is -1.80. The number of halogens is 1. The SMILES string of the molecule is Cc1ccnc(N2CCN([C@@H]3CN[C@H](C(=O)N4CC(F)C4)C3)CC2)n1. The Morgan fingerprint density at radius 3 is 2.72 bits per heavy atom. The van der Waals surface area contributed by atoms with Crippen molar-refractivity contribution < 1.29 is 9.18 Å². The zero-order chi connectivity index (χ0) is 17.4. The number of anilines is 1. The number of carbonyl (C=O) groups excluding carboxylic acids is 1. The van der Waals surface area contributed by atoms with Crippen molar-refractivity contribution in [3.8, 4) is 0 Å². The van der Waals surface area contributed by atoms with Gasteiger partial charge in [0.05, 0.1) is 19.1 Å². The molecule has 0 radical (unpaired) electrons. The molecule has 1 aromatic heterocycles. The van der Waals surface area contributed by atoms with Crippen molar-refractivity contribution in [3.63, 3.8) is 0 Å². The van der Waals surface area contributed by atoms with Crippen LogP contribution in [0.15, 0.2) is 12.3 Å². The molecular formula is C17H25FN6O. The normalized spacial score (nSPS) is 28.2. The van der Waals surface area contributed by atoms with Crippen LogP contribution in [0.4, 0.5) is 10.3 Å². The van der Waals surface area contributed by atoms with Crippen molar-refractivity contribution in [2.75, 3.05) is 50.7 Å². The molecule has 3 aliphatic heterocycles. The van der Waals surface area contributed by atoms with Gasteiger partial charge in [-0.25, -0.2) is 14.4 Å². The van der Waals surface area contributed by atoms with E-state index in [1.165, 1.54) is 0 Å². The largest absolute Gasteiger partial charge is 0.338 e. The lowest BCUT2D eigenvalue weighted by molar-refractivity contribution is -0.140. The summed E-state index contributed by atoms with van der Waals surface area (Å²) in [4.78, 5) is 27.5. The minimum atomic E-state index is -0.835. The highest BCUT2D eigenvalue weighted by atomic mass is 19.1. The molecule has 0 spiro atoms. The minimum absolute atomic E-state index is 0.0585. The maximum atomic E-state index is 12.9. The molecule has 7 nitrogen and oxygen atoms in total. The monoisotopic (exact) mass is 348 g/mol. The number of nitrogens with zero attached hydrogens (tertiary/aromatic N) is 5. The second kappa shape index (κ2) is 6.84. The summed E-state index contributed by atoms with van der Waals surface area (Å²) in [6, 6.07) is 2.12. The Kier molecular flexibility index (Phi) is 4.56. The summed E-state index contributed by atoms with van der Waals surface area (Å²) < 4.78 is 12.9. The number of amides is 1. The van der Waals surface area contributed by atoms with Gasteiger partial charge in [-0.05, 0) is 19.4 Å². The molecule has 2 atom stereocenters.